The van der Waals surface area contributed by atoms with Crippen LogP contribution in [0.2, 0.25) is 0 Å². The van der Waals surface area contributed by atoms with Crippen molar-refractivity contribution < 1.29 is 33.3 Å². The number of carbonyl (C=O) groups is 2. The van der Waals surface area contributed by atoms with E-state index in [1.807, 2.05) is 25.1 Å². The van der Waals surface area contributed by atoms with Gasteiger partial charge < -0.3 is 29.0 Å². The molecule has 1 aromatic carbocycles. The number of methoxy groups -OCH3 is 3. The third-order valence-electron chi connectivity index (χ3n) is 5.72. The Morgan fingerprint density at radius 2 is 1.88 bits per heavy atom. The molecule has 3 rings (SSSR count). The highest BCUT2D eigenvalue weighted by Gasteiger charge is 2.35. The lowest BCUT2D eigenvalue weighted by Crippen LogP contribution is -2.44. The molecule has 3 atom stereocenters. The Morgan fingerprint density at radius 3 is 2.53 bits per heavy atom. The van der Waals surface area contributed by atoms with Crippen LogP contribution in [0, 0.1) is 0 Å². The van der Waals surface area contributed by atoms with E-state index >= 15 is 0 Å². The minimum atomic E-state index is -0.362. The number of nitrogens with one attached hydrogen (secondary N) is 1. The van der Waals surface area contributed by atoms with Crippen LogP contribution >= 0.6 is 0 Å². The maximum absolute atomic E-state index is 13.2. The molecule has 1 amide bonds. The molecule has 0 spiro atoms. The fourth-order valence-corrected chi connectivity index (χ4v) is 4.21. The number of esters is 1. The third kappa shape index (κ3) is 5.86. The van der Waals surface area contributed by atoms with Crippen molar-refractivity contribution in [2.75, 3.05) is 27.9 Å². The normalized spacial score (nSPS) is 19.6. The highest BCUT2D eigenvalue weighted by Crippen LogP contribution is 2.39. The van der Waals surface area contributed by atoms with Gasteiger partial charge in [0.2, 0.25) is 5.88 Å². The van der Waals surface area contributed by atoms with E-state index in [0.29, 0.717) is 37.4 Å². The molecule has 1 fully saturated rings. The molecule has 34 heavy (non-hydrogen) atoms. The summed E-state index contributed by atoms with van der Waals surface area (Å²) >= 11 is 0. The fourth-order valence-electron chi connectivity index (χ4n) is 4.21. The van der Waals surface area contributed by atoms with Crippen LogP contribution in [0.25, 0.3) is 0 Å². The smallest absolute Gasteiger partial charge is 0.319 e. The first kappa shape index (κ1) is 25.1. The summed E-state index contributed by atoms with van der Waals surface area (Å²) in [6.07, 6.45) is 2.93. The first-order valence-electron chi connectivity index (χ1n) is 11.1. The van der Waals surface area contributed by atoms with Gasteiger partial charge in [-0.1, -0.05) is 6.07 Å². The van der Waals surface area contributed by atoms with Crippen LogP contribution < -0.4 is 24.3 Å². The lowest BCUT2D eigenvalue weighted by Gasteiger charge is -2.36. The van der Waals surface area contributed by atoms with Crippen molar-refractivity contribution >= 4 is 11.9 Å². The average molecular weight is 474 g/mol. The molecular formula is C24H31N3O7. The number of rotatable bonds is 9. The van der Waals surface area contributed by atoms with Crippen molar-refractivity contribution in [2.45, 2.75) is 51.2 Å². The Balaban J connectivity index is 1.90. The molecule has 1 heterocycles. The van der Waals surface area contributed by atoms with E-state index in [4.69, 9.17) is 23.7 Å². The summed E-state index contributed by atoms with van der Waals surface area (Å²) in [6.45, 7) is 3.79. The van der Waals surface area contributed by atoms with Crippen LogP contribution in [-0.4, -0.2) is 61.9 Å². The monoisotopic (exact) mass is 473 g/mol. The number of aromatic nitrogens is 2. The van der Waals surface area contributed by atoms with Crippen molar-refractivity contribution in [1.82, 2.24) is 15.3 Å². The van der Waals surface area contributed by atoms with Crippen molar-refractivity contribution in [3.8, 4) is 23.4 Å². The summed E-state index contributed by atoms with van der Waals surface area (Å²) in [5.41, 5.74) is 1.15. The zero-order chi connectivity index (χ0) is 24.7. The molecule has 0 aliphatic heterocycles. The second kappa shape index (κ2) is 11.5. The highest BCUT2D eigenvalue weighted by atomic mass is 16.5. The van der Waals surface area contributed by atoms with Gasteiger partial charge in [0.05, 0.1) is 34.1 Å². The minimum absolute atomic E-state index is 0.106. The van der Waals surface area contributed by atoms with E-state index in [0.717, 1.165) is 5.56 Å². The van der Waals surface area contributed by atoms with Gasteiger partial charge in [0.1, 0.15) is 11.7 Å². The largest absolute Gasteiger partial charge is 0.493 e. The van der Waals surface area contributed by atoms with E-state index in [9.17, 15) is 9.59 Å². The predicted molar refractivity (Wildman–Crippen MR) is 123 cm³/mol. The number of amides is 1. The van der Waals surface area contributed by atoms with Gasteiger partial charge in [0.25, 0.3) is 5.91 Å². The summed E-state index contributed by atoms with van der Waals surface area (Å²) in [4.78, 5) is 32.9. The van der Waals surface area contributed by atoms with Gasteiger partial charge in [-0.25, -0.2) is 4.98 Å². The molecule has 1 saturated carbocycles. The van der Waals surface area contributed by atoms with E-state index in [-0.39, 0.29) is 47.4 Å². The third-order valence-corrected chi connectivity index (χ3v) is 5.72. The fraction of sp³-hybridized carbons (Fsp3) is 0.500. The molecule has 0 saturated heterocycles. The first-order valence-corrected chi connectivity index (χ1v) is 11.1. The summed E-state index contributed by atoms with van der Waals surface area (Å²) in [7, 11) is 4.45. The van der Waals surface area contributed by atoms with E-state index in [1.165, 1.54) is 27.3 Å². The van der Waals surface area contributed by atoms with Crippen LogP contribution in [0.3, 0.4) is 0 Å². The van der Waals surface area contributed by atoms with Gasteiger partial charge in [0, 0.05) is 18.9 Å². The Kier molecular flexibility index (Phi) is 8.50. The lowest BCUT2D eigenvalue weighted by atomic mass is 9.78. The summed E-state index contributed by atoms with van der Waals surface area (Å²) < 4.78 is 26.9. The standard InChI is InChI=1S/C24H31N3O7/c1-6-33-21-11-15(7-10-20(21)30-3)17-12-16(34-14(2)28)8-9-19(17)26-22(29)18-13-25-24(32-5)27-23(18)31-4/h7,10-11,13,16-17,19H,6,8-9,12H2,1-5H3,(H,26,29)/t16-,17-,19-/m1/s1. The van der Waals surface area contributed by atoms with Crippen molar-refractivity contribution in [2.24, 2.45) is 0 Å². The topological polar surface area (TPSA) is 118 Å². The lowest BCUT2D eigenvalue weighted by molar-refractivity contribution is -0.148. The van der Waals surface area contributed by atoms with Gasteiger partial charge >= 0.3 is 12.0 Å². The van der Waals surface area contributed by atoms with Gasteiger partial charge in [-0.05, 0) is 43.9 Å². The van der Waals surface area contributed by atoms with Crippen LogP contribution in [0.5, 0.6) is 23.4 Å². The van der Waals surface area contributed by atoms with Gasteiger partial charge in [-0.2, -0.15) is 4.98 Å². The molecule has 0 radical (unpaired) electrons. The molecule has 1 N–H and O–H groups in total. The Labute approximate surface area is 198 Å². The molecular weight excluding hydrogens is 442 g/mol. The Bertz CT molecular complexity index is 1010. The number of carbonyl (C=O) groups excluding carboxylic acids is 2. The highest BCUT2D eigenvalue weighted by molar-refractivity contribution is 5.96. The average Bonchev–Trinajstić information content (AvgIpc) is 2.84. The van der Waals surface area contributed by atoms with Crippen LogP contribution in [0.4, 0.5) is 0 Å². The van der Waals surface area contributed by atoms with Crippen LogP contribution in [0.15, 0.2) is 24.4 Å². The Morgan fingerprint density at radius 1 is 1.09 bits per heavy atom. The predicted octanol–water partition coefficient (Wildman–Crippen LogP) is 2.90. The maximum Gasteiger partial charge on any atom is 0.319 e. The molecule has 10 heteroatoms. The zero-order valence-electron chi connectivity index (χ0n) is 20.1. The molecule has 1 aliphatic rings. The number of hydrogen-bond donors (Lipinski definition) is 1. The van der Waals surface area contributed by atoms with Gasteiger partial charge in [-0.15, -0.1) is 0 Å². The summed E-state index contributed by atoms with van der Waals surface area (Å²) in [6, 6.07) is 5.58. The van der Waals surface area contributed by atoms with Crippen LogP contribution in [0.1, 0.15) is 54.9 Å². The minimum Gasteiger partial charge on any atom is -0.493 e. The van der Waals surface area contributed by atoms with E-state index < -0.39 is 0 Å². The van der Waals surface area contributed by atoms with Gasteiger partial charge in [-0.3, -0.25) is 9.59 Å². The molecule has 184 valence electrons. The first-order chi connectivity index (χ1) is 16.4. The quantitative estimate of drug-likeness (QED) is 0.548. The SMILES string of the molecule is CCOc1cc([C@H]2C[C@H](OC(C)=O)CC[C@H]2NC(=O)c2cnc(OC)nc2OC)ccc1OC. The number of benzene rings is 1. The van der Waals surface area contributed by atoms with E-state index in [2.05, 4.69) is 15.3 Å². The van der Waals surface area contributed by atoms with Crippen molar-refractivity contribution in [1.29, 1.82) is 0 Å². The summed E-state index contributed by atoms with van der Waals surface area (Å²) in [5, 5.41) is 3.10. The summed E-state index contributed by atoms with van der Waals surface area (Å²) in [5.74, 6) is 0.552. The van der Waals surface area contributed by atoms with Gasteiger partial charge in [0.15, 0.2) is 11.5 Å². The zero-order valence-corrected chi connectivity index (χ0v) is 20.1. The number of ether oxygens (including phenoxy) is 5. The molecule has 1 aliphatic carbocycles. The van der Waals surface area contributed by atoms with Crippen LogP contribution in [-0.2, 0) is 9.53 Å². The number of hydrogen-bond acceptors (Lipinski definition) is 9. The van der Waals surface area contributed by atoms with E-state index in [1.54, 1.807) is 7.11 Å². The maximum atomic E-state index is 13.2. The van der Waals surface area contributed by atoms with Crippen molar-refractivity contribution in [3.05, 3.63) is 35.5 Å². The second-order valence-corrected chi connectivity index (χ2v) is 7.85. The molecule has 10 nitrogen and oxygen atoms in total. The second-order valence-electron chi connectivity index (χ2n) is 7.85. The number of nitrogens with zero attached hydrogens (tertiary/aromatic N) is 2. The Hall–Kier alpha value is -3.56. The molecule has 2 aromatic rings. The molecule has 0 unspecified atom stereocenters. The molecule has 0 bridgehead atoms. The molecule has 1 aromatic heterocycles. The van der Waals surface area contributed by atoms with Crippen molar-refractivity contribution in [3.63, 3.8) is 0 Å².